The Morgan fingerprint density at radius 1 is 1.21 bits per heavy atom. The number of benzene rings is 1. The van der Waals surface area contributed by atoms with Gasteiger partial charge in [-0.05, 0) is 36.8 Å². The van der Waals surface area contributed by atoms with Gasteiger partial charge in [0.2, 0.25) is 0 Å². The van der Waals surface area contributed by atoms with Gasteiger partial charge in [-0.3, -0.25) is 9.59 Å². The predicted octanol–water partition coefficient (Wildman–Crippen LogP) is 4.00. The van der Waals surface area contributed by atoms with Gasteiger partial charge in [0.1, 0.15) is 16.3 Å². The zero-order valence-corrected chi connectivity index (χ0v) is 16.2. The first-order valence-electron chi connectivity index (χ1n) is 8.41. The number of pyridine rings is 1. The molecule has 29 heavy (non-hydrogen) atoms. The van der Waals surface area contributed by atoms with Crippen LogP contribution < -0.4 is 15.4 Å². The molecular weight excluding hydrogens is 407 g/mol. The lowest BCUT2D eigenvalue weighted by atomic mass is 10.1. The fourth-order valence-electron chi connectivity index (χ4n) is 2.55. The molecular formula is C19H16F3N3O3S. The van der Waals surface area contributed by atoms with Gasteiger partial charge in [-0.25, -0.2) is 4.98 Å². The number of carbonyl (C=O) groups is 2. The highest BCUT2D eigenvalue weighted by Crippen LogP contribution is 2.34. The molecule has 0 radical (unpaired) electrons. The number of ether oxygens (including phenoxy) is 1. The fourth-order valence-corrected chi connectivity index (χ4v) is 3.62. The molecule has 0 aliphatic rings. The van der Waals surface area contributed by atoms with Crippen LogP contribution in [0.25, 0.3) is 10.2 Å². The van der Waals surface area contributed by atoms with E-state index in [4.69, 9.17) is 4.74 Å². The molecule has 2 heterocycles. The number of nitrogens with one attached hydrogen (secondary N) is 2. The number of aryl methyl sites for hydroxylation is 1. The van der Waals surface area contributed by atoms with E-state index in [1.807, 2.05) is 0 Å². The molecule has 0 saturated carbocycles. The van der Waals surface area contributed by atoms with E-state index in [1.165, 1.54) is 13.1 Å². The number of rotatable bonds is 5. The molecule has 6 nitrogen and oxygen atoms in total. The van der Waals surface area contributed by atoms with E-state index in [-0.39, 0.29) is 22.2 Å². The molecule has 0 bridgehead atoms. The number of nitrogens with zero attached hydrogens (tertiary/aromatic N) is 1. The number of hydrogen-bond acceptors (Lipinski definition) is 5. The molecule has 1 aromatic carbocycles. The maximum Gasteiger partial charge on any atom is 0.433 e. The molecule has 0 aliphatic heterocycles. The Hall–Kier alpha value is -3.14. The molecule has 2 amide bonds. The average Bonchev–Trinajstić information content (AvgIpc) is 3.02. The smallest absolute Gasteiger partial charge is 0.433 e. The number of alkyl halides is 3. The average molecular weight is 423 g/mol. The molecule has 10 heteroatoms. The van der Waals surface area contributed by atoms with Crippen LogP contribution in [0.3, 0.4) is 0 Å². The van der Waals surface area contributed by atoms with Crippen LogP contribution >= 0.6 is 11.3 Å². The van der Waals surface area contributed by atoms with Crippen molar-refractivity contribution in [1.82, 2.24) is 10.3 Å². The summed E-state index contributed by atoms with van der Waals surface area (Å²) in [6, 6.07) is 8.67. The Morgan fingerprint density at radius 3 is 2.66 bits per heavy atom. The summed E-state index contributed by atoms with van der Waals surface area (Å²) in [5.74, 6) is -0.385. The van der Waals surface area contributed by atoms with Gasteiger partial charge in [-0.1, -0.05) is 6.07 Å². The van der Waals surface area contributed by atoms with Crippen molar-refractivity contribution in [3.63, 3.8) is 0 Å². The minimum atomic E-state index is -4.55. The summed E-state index contributed by atoms with van der Waals surface area (Å²) < 4.78 is 43.9. The third-order valence-corrected chi connectivity index (χ3v) is 5.24. The van der Waals surface area contributed by atoms with Crippen molar-refractivity contribution < 1.29 is 27.5 Å². The number of likely N-dealkylation sites (N-methyl/N-ethyl adjacent to an activating group) is 1. The number of aromatic nitrogens is 1. The summed E-state index contributed by atoms with van der Waals surface area (Å²) in [6.07, 6.45) is -4.55. The first kappa shape index (κ1) is 20.6. The van der Waals surface area contributed by atoms with Crippen molar-refractivity contribution in [1.29, 1.82) is 0 Å². The molecule has 0 unspecified atom stereocenters. The molecule has 0 aliphatic carbocycles. The normalized spacial score (nSPS) is 11.3. The molecule has 0 atom stereocenters. The van der Waals surface area contributed by atoms with Gasteiger partial charge in [-0.15, -0.1) is 11.3 Å². The van der Waals surface area contributed by atoms with Crippen molar-refractivity contribution in [2.45, 2.75) is 13.1 Å². The lowest BCUT2D eigenvalue weighted by Gasteiger charge is -2.08. The largest absolute Gasteiger partial charge is 0.484 e. The van der Waals surface area contributed by atoms with Crippen LogP contribution in [0.2, 0.25) is 0 Å². The summed E-state index contributed by atoms with van der Waals surface area (Å²) in [6.45, 7) is 1.49. The minimum Gasteiger partial charge on any atom is -0.484 e. The van der Waals surface area contributed by atoms with E-state index < -0.39 is 17.8 Å². The van der Waals surface area contributed by atoms with Gasteiger partial charge in [-0.2, -0.15) is 13.2 Å². The van der Waals surface area contributed by atoms with Gasteiger partial charge < -0.3 is 15.4 Å². The first-order valence-corrected chi connectivity index (χ1v) is 9.23. The predicted molar refractivity (Wildman–Crippen MR) is 103 cm³/mol. The zero-order valence-electron chi connectivity index (χ0n) is 15.4. The van der Waals surface area contributed by atoms with Gasteiger partial charge in [0.25, 0.3) is 11.8 Å². The summed E-state index contributed by atoms with van der Waals surface area (Å²) in [7, 11) is 1.49. The van der Waals surface area contributed by atoms with Gasteiger partial charge in [0.15, 0.2) is 6.61 Å². The molecule has 0 spiro atoms. The van der Waals surface area contributed by atoms with Crippen molar-refractivity contribution in [3.05, 3.63) is 52.5 Å². The van der Waals surface area contributed by atoms with E-state index in [2.05, 4.69) is 15.6 Å². The van der Waals surface area contributed by atoms with Crippen LogP contribution in [-0.4, -0.2) is 30.5 Å². The summed E-state index contributed by atoms with van der Waals surface area (Å²) >= 11 is 0.896. The highest BCUT2D eigenvalue weighted by atomic mass is 32.1. The number of anilines is 1. The molecule has 2 N–H and O–H groups in total. The highest BCUT2D eigenvalue weighted by molar-refractivity contribution is 7.20. The monoisotopic (exact) mass is 423 g/mol. The highest BCUT2D eigenvalue weighted by Gasteiger charge is 2.33. The Balaban J connectivity index is 1.81. The third-order valence-electron chi connectivity index (χ3n) is 4.04. The molecule has 2 aromatic heterocycles. The van der Waals surface area contributed by atoms with Crippen molar-refractivity contribution in [2.24, 2.45) is 0 Å². The number of carbonyl (C=O) groups excluding carboxylic acids is 2. The molecule has 152 valence electrons. The fraction of sp³-hybridized carbons (Fsp3) is 0.211. The second kappa shape index (κ2) is 8.08. The summed E-state index contributed by atoms with van der Waals surface area (Å²) in [4.78, 5) is 28.0. The number of halogens is 3. The second-order valence-corrected chi connectivity index (χ2v) is 7.05. The minimum absolute atomic E-state index is 0.144. The lowest BCUT2D eigenvalue weighted by molar-refractivity contribution is -0.140. The molecule has 3 rings (SSSR count). The van der Waals surface area contributed by atoms with Crippen LogP contribution in [-0.2, 0) is 11.0 Å². The van der Waals surface area contributed by atoms with Gasteiger partial charge in [0, 0.05) is 24.2 Å². The van der Waals surface area contributed by atoms with Crippen molar-refractivity contribution in [3.8, 4) is 5.75 Å². The van der Waals surface area contributed by atoms with Gasteiger partial charge >= 0.3 is 6.18 Å². The van der Waals surface area contributed by atoms with Gasteiger partial charge in [0.05, 0.1) is 4.88 Å². The quantitative estimate of drug-likeness (QED) is 0.650. The van der Waals surface area contributed by atoms with E-state index in [9.17, 15) is 22.8 Å². The molecule has 0 fully saturated rings. The van der Waals surface area contributed by atoms with E-state index >= 15 is 0 Å². The maximum absolute atomic E-state index is 12.9. The van der Waals surface area contributed by atoms with E-state index in [0.29, 0.717) is 22.4 Å². The third kappa shape index (κ3) is 4.65. The van der Waals surface area contributed by atoms with Crippen molar-refractivity contribution >= 4 is 39.1 Å². The summed E-state index contributed by atoms with van der Waals surface area (Å²) in [5, 5.41) is 5.61. The second-order valence-electron chi connectivity index (χ2n) is 6.05. The first-order chi connectivity index (χ1) is 13.7. The van der Waals surface area contributed by atoms with Crippen molar-refractivity contribution in [2.75, 3.05) is 19.0 Å². The Labute approximate surface area is 167 Å². The Bertz CT molecular complexity index is 1080. The zero-order chi connectivity index (χ0) is 21.2. The van der Waals surface area contributed by atoms with E-state index in [1.54, 1.807) is 31.2 Å². The number of fused-ring (bicyclic) bond motifs is 1. The molecule has 0 saturated heterocycles. The maximum atomic E-state index is 12.9. The number of amides is 2. The molecule has 3 aromatic rings. The number of hydrogen-bond donors (Lipinski definition) is 2. The number of thiophene rings is 1. The lowest BCUT2D eigenvalue weighted by Crippen LogP contribution is -2.24. The van der Waals surface area contributed by atoms with Crippen LogP contribution in [0, 0.1) is 6.92 Å². The van der Waals surface area contributed by atoms with E-state index in [0.717, 1.165) is 17.4 Å². The standard InChI is InChI=1S/C19H16F3N3O3S/c1-10-13-6-7-14(19(20,21)22)25-18(13)29-16(10)17(27)24-11-4-3-5-12(8-11)28-9-15(26)23-2/h3-8H,9H2,1-2H3,(H,23,26)(H,24,27). The van der Waals surface area contributed by atoms with Crippen LogP contribution in [0.1, 0.15) is 20.9 Å². The van der Waals surface area contributed by atoms with Crippen LogP contribution in [0.4, 0.5) is 18.9 Å². The Kier molecular flexibility index (Phi) is 5.73. The van der Waals surface area contributed by atoms with Crippen LogP contribution in [0.15, 0.2) is 36.4 Å². The Morgan fingerprint density at radius 2 is 1.97 bits per heavy atom. The topological polar surface area (TPSA) is 80.3 Å². The van der Waals surface area contributed by atoms with Crippen LogP contribution in [0.5, 0.6) is 5.75 Å². The SMILES string of the molecule is CNC(=O)COc1cccc(NC(=O)c2sc3nc(C(F)(F)F)ccc3c2C)c1. The summed E-state index contributed by atoms with van der Waals surface area (Å²) in [5.41, 5.74) is -0.0277.